The fourth-order valence-corrected chi connectivity index (χ4v) is 11.6. The van der Waals surface area contributed by atoms with Gasteiger partial charge in [-0.1, -0.05) is 212 Å². The zero-order valence-corrected chi connectivity index (χ0v) is 41.4. The monoisotopic (exact) mass is 974 g/mol. The Morgan fingerprint density at radius 1 is 0.263 bits per heavy atom. The predicted molar refractivity (Wildman–Crippen MR) is 316 cm³/mol. The zero-order chi connectivity index (χ0) is 50.3. The number of aryl methyl sites for hydroxylation is 1. The molecule has 0 aliphatic carbocycles. The Morgan fingerprint density at radius 2 is 0.711 bits per heavy atom. The number of hydrogen-bond donors (Lipinski definition) is 0. The molecular formula is C71H46N2O3. The standard InChI is InChI=1S/C71H46N2O3/c1-45-37-39-49(40-38-45)72(62-35-17-32-58-56-30-15-28-52(68(56)75-70(58)62)47-21-7-3-8-22-47)50-41-42-65-60(43-50)67-55-27-12-11-26-54(55)64(44-66(67)74-65)73(61-34-14-13-25-51(61)46-19-5-2-6-20-46)63-36-18-33-59-57-31-16-29-53(69(57)76-71(59)63)48-23-9-4-10-24-48/h2-44H,1H3. The van der Waals surface area contributed by atoms with Crippen LogP contribution in [0.5, 0.6) is 0 Å². The molecule has 0 aliphatic heterocycles. The third-order valence-corrected chi connectivity index (χ3v) is 15.1. The van der Waals surface area contributed by atoms with Crippen molar-refractivity contribution in [1.29, 1.82) is 0 Å². The van der Waals surface area contributed by atoms with Crippen LogP contribution in [0, 0.1) is 6.92 Å². The Morgan fingerprint density at radius 3 is 1.32 bits per heavy atom. The summed E-state index contributed by atoms with van der Waals surface area (Å²) in [5, 5.41) is 8.45. The minimum Gasteiger partial charge on any atom is -0.456 e. The molecule has 0 aliphatic rings. The van der Waals surface area contributed by atoms with Crippen LogP contribution in [0.25, 0.3) is 110 Å². The predicted octanol–water partition coefficient (Wildman–Crippen LogP) is 20.8. The van der Waals surface area contributed by atoms with Gasteiger partial charge in [0.15, 0.2) is 11.2 Å². The fraction of sp³-hybridized carbons (Fsp3) is 0.0141. The molecule has 12 aromatic carbocycles. The molecule has 15 aromatic rings. The maximum Gasteiger partial charge on any atom is 0.159 e. The molecule has 15 rings (SSSR count). The van der Waals surface area contributed by atoms with Crippen LogP contribution < -0.4 is 9.80 Å². The molecule has 3 aromatic heterocycles. The highest BCUT2D eigenvalue weighted by molar-refractivity contribution is 6.24. The van der Waals surface area contributed by atoms with E-state index in [1.54, 1.807) is 0 Å². The highest BCUT2D eigenvalue weighted by Crippen LogP contribution is 2.51. The van der Waals surface area contributed by atoms with Gasteiger partial charge in [-0.2, -0.15) is 0 Å². The molecule has 0 amide bonds. The lowest BCUT2D eigenvalue weighted by Crippen LogP contribution is -2.12. The summed E-state index contributed by atoms with van der Waals surface area (Å²) in [6.07, 6.45) is 0. The molecule has 3 heterocycles. The molecule has 0 fully saturated rings. The first-order valence-electron chi connectivity index (χ1n) is 25.8. The molecule has 0 saturated carbocycles. The lowest BCUT2D eigenvalue weighted by atomic mass is 9.98. The zero-order valence-electron chi connectivity index (χ0n) is 41.4. The minimum atomic E-state index is 0.779. The smallest absolute Gasteiger partial charge is 0.159 e. The van der Waals surface area contributed by atoms with E-state index in [1.807, 2.05) is 6.07 Å². The van der Waals surface area contributed by atoms with Gasteiger partial charge in [0.05, 0.1) is 22.7 Å². The first kappa shape index (κ1) is 43.5. The van der Waals surface area contributed by atoms with Crippen LogP contribution >= 0.6 is 0 Å². The van der Waals surface area contributed by atoms with Crippen molar-refractivity contribution < 1.29 is 13.3 Å². The summed E-state index contributed by atoms with van der Waals surface area (Å²) in [5.74, 6) is 0. The second kappa shape index (κ2) is 17.5. The Hall–Kier alpha value is -10.1. The molecule has 0 saturated heterocycles. The van der Waals surface area contributed by atoms with Crippen molar-refractivity contribution in [2.75, 3.05) is 9.80 Å². The lowest BCUT2D eigenvalue weighted by molar-refractivity contribution is 0.668. The first-order valence-corrected chi connectivity index (χ1v) is 25.8. The summed E-state index contributed by atoms with van der Waals surface area (Å²) < 4.78 is 21.3. The van der Waals surface area contributed by atoms with Crippen molar-refractivity contribution in [1.82, 2.24) is 0 Å². The molecule has 0 unspecified atom stereocenters. The van der Waals surface area contributed by atoms with Gasteiger partial charge >= 0.3 is 0 Å². The average molecular weight is 975 g/mol. The summed E-state index contributed by atoms with van der Waals surface area (Å²) >= 11 is 0. The largest absolute Gasteiger partial charge is 0.456 e. The molecule has 5 heteroatoms. The van der Waals surface area contributed by atoms with E-state index in [0.717, 1.165) is 144 Å². The van der Waals surface area contributed by atoms with E-state index in [9.17, 15) is 0 Å². The number of fused-ring (bicyclic) bond motifs is 11. The topological polar surface area (TPSA) is 45.9 Å². The number of hydrogen-bond acceptors (Lipinski definition) is 5. The van der Waals surface area contributed by atoms with Crippen molar-refractivity contribution in [3.8, 4) is 33.4 Å². The lowest BCUT2D eigenvalue weighted by Gasteiger charge is -2.29. The van der Waals surface area contributed by atoms with Gasteiger partial charge in [0, 0.05) is 71.8 Å². The van der Waals surface area contributed by atoms with Crippen molar-refractivity contribution in [3.63, 3.8) is 0 Å². The second-order valence-corrected chi connectivity index (χ2v) is 19.6. The van der Waals surface area contributed by atoms with Crippen LogP contribution in [-0.4, -0.2) is 0 Å². The number of furan rings is 3. The summed E-state index contributed by atoms with van der Waals surface area (Å²) in [4.78, 5) is 4.70. The Kier molecular flexibility index (Phi) is 10.0. The van der Waals surface area contributed by atoms with Crippen LogP contribution in [0.15, 0.2) is 274 Å². The van der Waals surface area contributed by atoms with Crippen LogP contribution in [0.3, 0.4) is 0 Å². The van der Waals surface area contributed by atoms with Gasteiger partial charge in [0.1, 0.15) is 22.3 Å². The van der Waals surface area contributed by atoms with E-state index < -0.39 is 0 Å². The Labute approximate surface area is 438 Å². The number of para-hydroxylation sites is 5. The van der Waals surface area contributed by atoms with Gasteiger partial charge in [-0.05, 0) is 77.5 Å². The number of nitrogens with zero attached hydrogens (tertiary/aromatic N) is 2. The molecule has 0 atom stereocenters. The molecule has 0 bridgehead atoms. The molecule has 0 spiro atoms. The molecule has 0 radical (unpaired) electrons. The molecular weight excluding hydrogens is 929 g/mol. The first-order chi connectivity index (χ1) is 37.6. The summed E-state index contributed by atoms with van der Waals surface area (Å²) in [6.45, 7) is 2.13. The summed E-state index contributed by atoms with van der Waals surface area (Å²) in [5.41, 5.74) is 18.5. The van der Waals surface area contributed by atoms with Gasteiger partial charge in [0.2, 0.25) is 0 Å². The van der Waals surface area contributed by atoms with Crippen molar-refractivity contribution >= 4 is 111 Å². The highest BCUT2D eigenvalue weighted by Gasteiger charge is 2.27. The van der Waals surface area contributed by atoms with Crippen molar-refractivity contribution in [2.45, 2.75) is 6.92 Å². The molecule has 358 valence electrons. The molecule has 5 nitrogen and oxygen atoms in total. The Balaban J connectivity index is 0.962. The highest BCUT2D eigenvalue weighted by atomic mass is 16.3. The number of benzene rings is 12. The minimum absolute atomic E-state index is 0.779. The quantitative estimate of drug-likeness (QED) is 0.144. The van der Waals surface area contributed by atoms with Gasteiger partial charge in [0.25, 0.3) is 0 Å². The number of rotatable bonds is 9. The van der Waals surface area contributed by atoms with E-state index in [1.165, 1.54) is 5.56 Å². The van der Waals surface area contributed by atoms with Crippen molar-refractivity contribution in [2.24, 2.45) is 0 Å². The normalized spacial score (nSPS) is 11.8. The van der Waals surface area contributed by atoms with Gasteiger partial charge in [-0.3, -0.25) is 0 Å². The van der Waals surface area contributed by atoms with E-state index in [-0.39, 0.29) is 0 Å². The van der Waals surface area contributed by atoms with E-state index >= 15 is 0 Å². The summed E-state index contributed by atoms with van der Waals surface area (Å²) in [7, 11) is 0. The average Bonchev–Trinajstić information content (AvgIpc) is 4.22. The second-order valence-electron chi connectivity index (χ2n) is 19.6. The SMILES string of the molecule is Cc1ccc(N(c2ccc3oc4cc(N(c5ccccc5-c5ccccc5)c5cccc6c5oc5c(-c7ccccc7)cccc56)c5ccccc5c4c3c2)c2cccc3c2oc2c(-c4ccccc4)cccc23)cc1. The van der Waals surface area contributed by atoms with E-state index in [4.69, 9.17) is 13.3 Å². The Bertz CT molecular complexity index is 4710. The summed E-state index contributed by atoms with van der Waals surface area (Å²) in [6, 6.07) is 92.4. The van der Waals surface area contributed by atoms with Crippen LogP contribution in [-0.2, 0) is 0 Å². The molecule has 0 N–H and O–H groups in total. The van der Waals surface area contributed by atoms with Crippen molar-refractivity contribution in [3.05, 3.63) is 266 Å². The van der Waals surface area contributed by atoms with Crippen LogP contribution in [0.1, 0.15) is 5.56 Å². The van der Waals surface area contributed by atoms with E-state index in [0.29, 0.717) is 0 Å². The van der Waals surface area contributed by atoms with Crippen LogP contribution in [0.2, 0.25) is 0 Å². The number of anilines is 6. The maximum absolute atomic E-state index is 7.19. The molecule has 76 heavy (non-hydrogen) atoms. The van der Waals surface area contributed by atoms with E-state index in [2.05, 4.69) is 272 Å². The van der Waals surface area contributed by atoms with Gasteiger partial charge in [-0.15, -0.1) is 0 Å². The third kappa shape index (κ3) is 6.94. The fourth-order valence-electron chi connectivity index (χ4n) is 11.6. The maximum atomic E-state index is 7.19. The van der Waals surface area contributed by atoms with Gasteiger partial charge in [-0.25, -0.2) is 0 Å². The third-order valence-electron chi connectivity index (χ3n) is 15.1. The van der Waals surface area contributed by atoms with Crippen LogP contribution in [0.4, 0.5) is 34.1 Å². The van der Waals surface area contributed by atoms with Gasteiger partial charge < -0.3 is 23.1 Å².